The van der Waals surface area contributed by atoms with E-state index in [0.29, 0.717) is 33.9 Å². The van der Waals surface area contributed by atoms with Crippen molar-refractivity contribution in [2.75, 3.05) is 0 Å². The van der Waals surface area contributed by atoms with Gasteiger partial charge in [-0.15, -0.1) is 11.3 Å². The number of hydrogen-bond acceptors (Lipinski definition) is 9. The molecule has 29 heavy (non-hydrogen) atoms. The first-order chi connectivity index (χ1) is 13.8. The summed E-state index contributed by atoms with van der Waals surface area (Å²) in [6.45, 7) is 0. The van der Waals surface area contributed by atoms with Gasteiger partial charge in [0.15, 0.2) is 7.91 Å². The second-order valence-corrected chi connectivity index (χ2v) is 9.77. The van der Waals surface area contributed by atoms with Gasteiger partial charge in [-0.2, -0.15) is 10.2 Å². The minimum atomic E-state index is -1.16. The summed E-state index contributed by atoms with van der Waals surface area (Å²) in [6.07, 6.45) is 0. The van der Waals surface area contributed by atoms with Gasteiger partial charge in [-0.05, 0) is 42.6 Å². The molecule has 3 aromatic heterocycles. The van der Waals surface area contributed by atoms with Gasteiger partial charge in [0.25, 0.3) is 0 Å². The Morgan fingerprint density at radius 3 is 2.14 bits per heavy atom. The maximum Gasteiger partial charge on any atom is 0.336 e. The van der Waals surface area contributed by atoms with Crippen LogP contribution in [0.15, 0.2) is 23.6 Å². The molecule has 0 amide bonds. The standard InChI is InChI=1S/C16H8N4O4S5/c21-13(22)5-1-2-6(14(23)24)7(3-5)10-9(12-18-20-16(26)29-12)8(4-27-10)11-17-19-15(25)28-11/h1-4H,(H,19,25)(H,20,26)(H,21,22)(H,23,24). The van der Waals surface area contributed by atoms with Gasteiger partial charge < -0.3 is 10.2 Å². The average molecular weight is 481 g/mol. The maximum atomic E-state index is 11.8. The lowest BCUT2D eigenvalue weighted by Crippen LogP contribution is -2.03. The van der Waals surface area contributed by atoms with Crippen LogP contribution in [0.25, 0.3) is 31.6 Å². The molecule has 1 aromatic carbocycles. The zero-order chi connectivity index (χ0) is 20.7. The van der Waals surface area contributed by atoms with E-state index in [4.69, 9.17) is 24.4 Å². The maximum absolute atomic E-state index is 11.8. The fourth-order valence-corrected chi connectivity index (χ4v) is 5.75. The molecule has 0 aliphatic rings. The topological polar surface area (TPSA) is 132 Å². The number of H-pyrrole nitrogens is 2. The highest BCUT2D eigenvalue weighted by atomic mass is 32.2. The van der Waals surface area contributed by atoms with E-state index < -0.39 is 11.9 Å². The Hall–Kier alpha value is -2.58. The molecule has 0 atom stereocenters. The zero-order valence-electron chi connectivity index (χ0n) is 14.0. The summed E-state index contributed by atoms with van der Waals surface area (Å²) in [4.78, 5) is 23.8. The summed E-state index contributed by atoms with van der Waals surface area (Å²) < 4.78 is 0.947. The molecule has 146 valence electrons. The van der Waals surface area contributed by atoms with Crippen molar-refractivity contribution >= 4 is 70.4 Å². The highest BCUT2D eigenvalue weighted by molar-refractivity contribution is 7.73. The molecule has 0 saturated heterocycles. The first-order valence-corrected chi connectivity index (χ1v) is 11.0. The van der Waals surface area contributed by atoms with Gasteiger partial charge in [0.05, 0.1) is 11.1 Å². The second-order valence-electron chi connectivity index (χ2n) is 5.56. The minimum absolute atomic E-state index is 0.0153. The molecule has 0 spiro atoms. The monoisotopic (exact) mass is 480 g/mol. The Kier molecular flexibility index (Phi) is 5.23. The van der Waals surface area contributed by atoms with Crippen LogP contribution >= 0.6 is 58.4 Å². The van der Waals surface area contributed by atoms with Crippen LogP contribution in [0.1, 0.15) is 20.7 Å². The van der Waals surface area contributed by atoms with Gasteiger partial charge in [0.1, 0.15) is 10.0 Å². The number of hydrogen-bond donors (Lipinski definition) is 4. The van der Waals surface area contributed by atoms with E-state index in [-0.39, 0.29) is 16.7 Å². The number of aromatic amines is 2. The fraction of sp³-hybridized carbons (Fsp3) is 0. The van der Waals surface area contributed by atoms with Crippen molar-refractivity contribution in [3.05, 3.63) is 42.6 Å². The molecule has 0 unspecified atom stereocenters. The molecule has 4 aromatic rings. The van der Waals surface area contributed by atoms with E-state index in [1.54, 1.807) is 0 Å². The number of nitrogens with zero attached hydrogens (tertiary/aromatic N) is 2. The van der Waals surface area contributed by atoms with Crippen LogP contribution in [0.3, 0.4) is 0 Å². The van der Waals surface area contributed by atoms with Crippen molar-refractivity contribution in [3.8, 4) is 31.6 Å². The van der Waals surface area contributed by atoms with E-state index in [1.165, 1.54) is 52.2 Å². The first kappa shape index (κ1) is 19.7. The number of aromatic carboxylic acids is 2. The van der Waals surface area contributed by atoms with Crippen molar-refractivity contribution in [3.63, 3.8) is 0 Å². The van der Waals surface area contributed by atoms with Crippen LogP contribution in [-0.4, -0.2) is 42.5 Å². The van der Waals surface area contributed by atoms with E-state index in [9.17, 15) is 19.8 Å². The number of rotatable bonds is 5. The van der Waals surface area contributed by atoms with Crippen molar-refractivity contribution in [1.29, 1.82) is 0 Å². The molecular formula is C16H8N4O4S5. The number of carboxylic acid groups (broad SMARTS) is 2. The lowest BCUT2D eigenvalue weighted by Gasteiger charge is -2.08. The molecule has 0 aliphatic heterocycles. The predicted octanol–water partition coefficient (Wildman–Crippen LogP) is 5.17. The Balaban J connectivity index is 2.05. The van der Waals surface area contributed by atoms with Gasteiger partial charge in [0, 0.05) is 26.9 Å². The smallest absolute Gasteiger partial charge is 0.336 e. The summed E-state index contributed by atoms with van der Waals surface area (Å²) in [5.41, 5.74) is 1.57. The van der Waals surface area contributed by atoms with Gasteiger partial charge in [-0.25, -0.2) is 9.59 Å². The molecule has 0 radical (unpaired) electrons. The van der Waals surface area contributed by atoms with Crippen LogP contribution < -0.4 is 0 Å². The number of aromatic nitrogens is 4. The summed E-state index contributed by atoms with van der Waals surface area (Å²) >= 11 is 14.0. The van der Waals surface area contributed by atoms with Crippen LogP contribution in [0.2, 0.25) is 0 Å². The molecule has 13 heteroatoms. The van der Waals surface area contributed by atoms with Crippen molar-refractivity contribution in [1.82, 2.24) is 20.4 Å². The molecule has 0 fully saturated rings. The van der Waals surface area contributed by atoms with Crippen molar-refractivity contribution < 1.29 is 19.8 Å². The Bertz CT molecular complexity index is 1380. The Morgan fingerprint density at radius 1 is 0.931 bits per heavy atom. The summed E-state index contributed by atoms with van der Waals surface area (Å²) in [7, 11) is 0. The molecule has 4 rings (SSSR count). The van der Waals surface area contributed by atoms with Crippen molar-refractivity contribution in [2.45, 2.75) is 0 Å². The number of carboxylic acids is 2. The van der Waals surface area contributed by atoms with Gasteiger partial charge in [-0.3, -0.25) is 10.2 Å². The van der Waals surface area contributed by atoms with E-state index in [1.807, 2.05) is 5.38 Å². The highest BCUT2D eigenvalue weighted by Crippen LogP contribution is 2.46. The quantitative estimate of drug-likeness (QED) is 0.288. The molecule has 0 saturated carbocycles. The van der Waals surface area contributed by atoms with Gasteiger partial charge in [0.2, 0.25) is 0 Å². The Morgan fingerprint density at radius 2 is 1.59 bits per heavy atom. The molecule has 4 N–H and O–H groups in total. The summed E-state index contributed by atoms with van der Waals surface area (Å²) in [6, 6.07) is 3.90. The predicted molar refractivity (Wildman–Crippen MR) is 116 cm³/mol. The zero-order valence-corrected chi connectivity index (χ0v) is 18.0. The van der Waals surface area contributed by atoms with Gasteiger partial charge >= 0.3 is 11.9 Å². The number of carbonyl (C=O) groups is 2. The number of benzene rings is 1. The second kappa shape index (κ2) is 7.68. The lowest BCUT2D eigenvalue weighted by molar-refractivity contribution is 0.0682. The van der Waals surface area contributed by atoms with E-state index in [0.717, 1.165) is 0 Å². The minimum Gasteiger partial charge on any atom is -0.478 e. The van der Waals surface area contributed by atoms with Gasteiger partial charge in [-0.1, -0.05) is 22.7 Å². The Labute approximate surface area is 184 Å². The molecule has 3 heterocycles. The molecule has 0 bridgehead atoms. The van der Waals surface area contributed by atoms with Crippen LogP contribution in [0.4, 0.5) is 0 Å². The van der Waals surface area contributed by atoms with E-state index in [2.05, 4.69) is 20.4 Å². The van der Waals surface area contributed by atoms with Crippen molar-refractivity contribution in [2.24, 2.45) is 0 Å². The third-order valence-corrected chi connectivity index (χ3v) is 7.10. The molecule has 0 aliphatic carbocycles. The van der Waals surface area contributed by atoms with E-state index >= 15 is 0 Å². The third kappa shape index (κ3) is 3.70. The number of thiophene rings is 1. The lowest BCUT2D eigenvalue weighted by atomic mass is 9.99. The van der Waals surface area contributed by atoms with Crippen LogP contribution in [0, 0.1) is 7.91 Å². The molecule has 8 nitrogen and oxygen atoms in total. The largest absolute Gasteiger partial charge is 0.478 e. The highest BCUT2D eigenvalue weighted by Gasteiger charge is 2.25. The summed E-state index contributed by atoms with van der Waals surface area (Å²) in [5.74, 6) is -2.31. The molecular weight excluding hydrogens is 473 g/mol. The average Bonchev–Trinajstić information content (AvgIpc) is 3.39. The SMILES string of the molecule is O=C(O)c1ccc(C(=O)O)c(-c2scc(-c3n[nH]c(=S)s3)c2-c2n[nH]c(=S)s2)c1. The fourth-order valence-electron chi connectivity index (χ4n) is 2.66. The number of nitrogens with one attached hydrogen (secondary N) is 2. The third-order valence-electron chi connectivity index (χ3n) is 3.85. The summed E-state index contributed by atoms with van der Waals surface area (Å²) in [5, 5.41) is 35.9. The van der Waals surface area contributed by atoms with Crippen LogP contribution in [-0.2, 0) is 0 Å². The van der Waals surface area contributed by atoms with Crippen LogP contribution in [0.5, 0.6) is 0 Å². The first-order valence-electron chi connectivity index (χ1n) is 7.69. The normalized spacial score (nSPS) is 10.9.